The van der Waals surface area contributed by atoms with E-state index in [9.17, 15) is 9.59 Å². The van der Waals surface area contributed by atoms with Crippen molar-refractivity contribution in [2.24, 2.45) is 0 Å². The number of benzene rings is 2. The van der Waals surface area contributed by atoms with E-state index in [0.29, 0.717) is 6.61 Å². The fourth-order valence-electron chi connectivity index (χ4n) is 2.77. The first-order valence-corrected chi connectivity index (χ1v) is 7.71. The average Bonchev–Trinajstić information content (AvgIpc) is 2.99. The molecule has 0 bridgehead atoms. The zero-order valence-electron chi connectivity index (χ0n) is 14.6. The van der Waals surface area contributed by atoms with Gasteiger partial charge in [-0.2, -0.15) is 0 Å². The molecular formula is C19H21HoNO6-2. The van der Waals surface area contributed by atoms with Gasteiger partial charge >= 0.3 is 0 Å². The van der Waals surface area contributed by atoms with Crippen LogP contribution in [0.1, 0.15) is 17.0 Å². The molecule has 1 radical (unpaired) electrons. The van der Waals surface area contributed by atoms with Gasteiger partial charge < -0.3 is 30.6 Å². The number of methoxy groups -OCH3 is 1. The topological polar surface area (TPSA) is 128 Å². The van der Waals surface area contributed by atoms with Crippen LogP contribution in [0, 0.1) is 37.7 Å². The van der Waals surface area contributed by atoms with Crippen molar-refractivity contribution in [3.05, 3.63) is 65.4 Å². The van der Waals surface area contributed by atoms with Crippen molar-refractivity contribution in [1.82, 2.24) is 0 Å². The predicted octanol–water partition coefficient (Wildman–Crippen LogP) is 1.63. The smallest absolute Gasteiger partial charge is 0.289 e. The molecule has 0 aromatic heterocycles. The summed E-state index contributed by atoms with van der Waals surface area (Å²) in [6.07, 6.45) is 0. The zero-order valence-corrected chi connectivity index (χ0v) is 16.5. The summed E-state index contributed by atoms with van der Waals surface area (Å²) in [6.45, 7) is 1.39. The number of ether oxygens (including phenoxy) is 2. The summed E-state index contributed by atoms with van der Waals surface area (Å²) in [5.41, 5.74) is 11.6. The van der Waals surface area contributed by atoms with Crippen molar-refractivity contribution in [3.63, 3.8) is 0 Å². The number of carbonyl (C=O) groups excluding carboxylic acids is 2. The Kier molecular flexibility index (Phi) is 12.1. The molecule has 1 aliphatic rings. The zero-order chi connectivity index (χ0) is 18.2. The molecule has 4 N–H and O–H groups in total. The molecule has 2 aromatic carbocycles. The van der Waals surface area contributed by atoms with E-state index in [0.717, 1.165) is 0 Å². The second kappa shape index (κ2) is 12.8. The predicted molar refractivity (Wildman–Crippen MR) is 96.2 cm³/mol. The third-order valence-electron chi connectivity index (χ3n) is 3.94. The molecule has 8 heteroatoms. The molecule has 1 unspecified atom stereocenters. The maximum absolute atomic E-state index is 10.2. The van der Waals surface area contributed by atoms with Crippen LogP contribution in [0.5, 0.6) is 0 Å². The summed E-state index contributed by atoms with van der Waals surface area (Å²) in [5, 5.41) is 8.15. The number of nitrogens with one attached hydrogen (secondary N) is 1. The van der Waals surface area contributed by atoms with Gasteiger partial charge in [-0.25, -0.2) is 0 Å². The largest absolute Gasteiger partial charge is 0.663 e. The average molecular weight is 524 g/mol. The molecule has 1 aliphatic carbocycles. The molecule has 0 spiro atoms. The Balaban J connectivity index is 0.000000590. The van der Waals surface area contributed by atoms with Gasteiger partial charge in [-0.1, -0.05) is 55.0 Å². The summed E-state index contributed by atoms with van der Waals surface area (Å²) in [4.78, 5) is 20.4. The summed E-state index contributed by atoms with van der Waals surface area (Å²) in [7, 11) is 1.18. The minimum absolute atomic E-state index is 0. The molecule has 0 aliphatic heterocycles. The van der Waals surface area contributed by atoms with Gasteiger partial charge in [0, 0.05) is 50.3 Å². The number of fused-ring (bicyclic) bond motifs is 3. The fraction of sp³-hybridized carbons (Fsp3) is 0.263. The first kappa shape index (κ1) is 25.5. The van der Waals surface area contributed by atoms with Crippen molar-refractivity contribution in [2.45, 2.75) is 12.0 Å². The molecule has 1 atom stereocenters. The van der Waals surface area contributed by atoms with Crippen molar-refractivity contribution in [1.29, 1.82) is 0 Å². The van der Waals surface area contributed by atoms with Crippen LogP contribution in [-0.4, -0.2) is 49.4 Å². The van der Waals surface area contributed by atoms with Gasteiger partial charge in [0.25, 0.3) is 5.97 Å². The molecule has 0 saturated heterocycles. The normalized spacial score (nSPS) is 12.0. The monoisotopic (exact) mass is 524 g/mol. The number of hydrogen-bond acceptors (Lipinski definition) is 5. The van der Waals surface area contributed by atoms with Crippen LogP contribution >= 0.6 is 0 Å². The van der Waals surface area contributed by atoms with Crippen LogP contribution in [0.15, 0.2) is 48.5 Å². The number of aliphatic hydroxyl groups excluding tert-OH is 1. The number of esters is 1. The van der Waals surface area contributed by atoms with Crippen LogP contribution in [0.4, 0.5) is 0 Å². The van der Waals surface area contributed by atoms with Crippen molar-refractivity contribution in [3.8, 4) is 11.1 Å². The Morgan fingerprint density at radius 2 is 1.63 bits per heavy atom. The molecule has 0 amide bonds. The molecule has 7 nitrogen and oxygen atoms in total. The number of carbonyl (C=O) groups is 1. The van der Waals surface area contributed by atoms with Crippen LogP contribution in [-0.2, 0) is 19.1 Å². The second-order valence-electron chi connectivity index (χ2n) is 5.38. The van der Waals surface area contributed by atoms with Crippen molar-refractivity contribution >= 4 is 12.4 Å². The minimum Gasteiger partial charge on any atom is -0.663 e. The van der Waals surface area contributed by atoms with Crippen LogP contribution < -0.4 is 0 Å². The van der Waals surface area contributed by atoms with Gasteiger partial charge in [0.1, 0.15) is 0 Å². The summed E-state index contributed by atoms with van der Waals surface area (Å²) < 4.78 is 8.94. The standard InChI is InChI=1S/C15H11O2.C4H8NO3.Ho.H2O/c16-10-17-9-15-13-7-3-1-5-11(13)12-6-2-4-8-14(12)15;1-8-4(7)3(5)2-6;;/h1-8,15H,9H2;3,5-6H,2H2,1H3;;1H2/q2*-1;;. The third kappa shape index (κ3) is 6.27. The Bertz CT molecular complexity index is 694. The van der Waals surface area contributed by atoms with Gasteiger partial charge in [-0.15, -0.1) is 0 Å². The van der Waals surface area contributed by atoms with Gasteiger partial charge in [0.05, 0.1) is 13.7 Å². The Morgan fingerprint density at radius 3 is 2.00 bits per heavy atom. The molecular weight excluding hydrogens is 503 g/mol. The molecule has 27 heavy (non-hydrogen) atoms. The van der Waals surface area contributed by atoms with E-state index in [1.54, 1.807) is 0 Å². The second-order valence-corrected chi connectivity index (χ2v) is 5.38. The summed E-state index contributed by atoms with van der Waals surface area (Å²) in [5.74, 6) is -0.559. The third-order valence-corrected chi connectivity index (χ3v) is 3.94. The van der Waals surface area contributed by atoms with Gasteiger partial charge in [0.2, 0.25) is 0 Å². The fourth-order valence-corrected chi connectivity index (χ4v) is 2.77. The van der Waals surface area contributed by atoms with Gasteiger partial charge in [0.15, 0.2) is 0 Å². The quantitative estimate of drug-likeness (QED) is 0.361. The van der Waals surface area contributed by atoms with Gasteiger partial charge in [-0.05, 0) is 28.3 Å². The van der Waals surface area contributed by atoms with Crippen molar-refractivity contribution in [2.75, 3.05) is 20.3 Å². The molecule has 151 valence electrons. The molecule has 0 saturated carbocycles. The van der Waals surface area contributed by atoms with E-state index in [-0.39, 0.29) is 49.1 Å². The van der Waals surface area contributed by atoms with E-state index in [1.165, 1.54) is 35.8 Å². The Labute approximate surface area is 187 Å². The van der Waals surface area contributed by atoms with E-state index in [4.69, 9.17) is 15.6 Å². The maximum Gasteiger partial charge on any atom is 0.289 e. The molecule has 3 rings (SSSR count). The van der Waals surface area contributed by atoms with E-state index < -0.39 is 18.6 Å². The Hall–Kier alpha value is -1.48. The summed E-state index contributed by atoms with van der Waals surface area (Å²) in [6, 6.07) is 15.4. The van der Waals surface area contributed by atoms with Crippen LogP contribution in [0.25, 0.3) is 16.9 Å². The van der Waals surface area contributed by atoms with E-state index in [2.05, 4.69) is 29.0 Å². The van der Waals surface area contributed by atoms with Gasteiger partial charge in [-0.3, -0.25) is 4.79 Å². The summed E-state index contributed by atoms with van der Waals surface area (Å²) >= 11 is 0. The first-order valence-electron chi connectivity index (χ1n) is 7.71. The number of rotatable bonds is 5. The van der Waals surface area contributed by atoms with E-state index >= 15 is 0 Å². The first-order chi connectivity index (χ1) is 12.1. The molecule has 0 heterocycles. The minimum atomic E-state index is -1.14. The molecule has 0 fully saturated rings. The molecule has 2 aromatic rings. The number of hydrogen-bond donors (Lipinski definition) is 1. The van der Waals surface area contributed by atoms with Crippen LogP contribution in [0.2, 0.25) is 0 Å². The Morgan fingerprint density at radius 1 is 1.15 bits per heavy atom. The van der Waals surface area contributed by atoms with E-state index in [1.807, 2.05) is 24.3 Å². The maximum atomic E-state index is 10.2. The van der Waals surface area contributed by atoms with Crippen LogP contribution in [0.3, 0.4) is 0 Å². The van der Waals surface area contributed by atoms with Crippen molar-refractivity contribution < 1.29 is 67.4 Å². The SMILES string of the molecule is COC(=O)C([NH-])CO.O.O=[C-]OCC1c2ccccc2-c2ccccc21.[Ho]. The number of aliphatic hydroxyl groups is 1.